The molecule has 0 unspecified atom stereocenters. The lowest BCUT2D eigenvalue weighted by molar-refractivity contribution is 0.102. The van der Waals surface area contributed by atoms with E-state index in [9.17, 15) is 9.59 Å². The molecular weight excluding hydrogens is 258 g/mol. The molecule has 3 N–H and O–H groups in total. The van der Waals surface area contributed by atoms with Crippen LogP contribution in [0.1, 0.15) is 46.2 Å². The summed E-state index contributed by atoms with van der Waals surface area (Å²) in [5.41, 5.74) is 0.901. The van der Waals surface area contributed by atoms with Crippen molar-refractivity contribution in [1.82, 2.24) is 20.2 Å². The second-order valence-corrected chi connectivity index (χ2v) is 5.07. The molecule has 1 aliphatic rings. The Kier molecular flexibility index (Phi) is 2.89. The minimum atomic E-state index is -0.481. The molecule has 0 aliphatic heterocycles. The fourth-order valence-corrected chi connectivity index (χ4v) is 2.07. The van der Waals surface area contributed by atoms with Gasteiger partial charge in [0.25, 0.3) is 11.5 Å². The number of anilines is 1. The molecule has 1 aliphatic carbocycles. The van der Waals surface area contributed by atoms with Gasteiger partial charge in [-0.25, -0.2) is 4.98 Å². The number of carbonyl (C=O) groups is 1. The van der Waals surface area contributed by atoms with Crippen LogP contribution in [0, 0.1) is 13.8 Å². The van der Waals surface area contributed by atoms with Gasteiger partial charge in [0.15, 0.2) is 0 Å². The summed E-state index contributed by atoms with van der Waals surface area (Å²) in [5, 5.41) is 9.12. The molecule has 2 aromatic heterocycles. The number of aromatic amines is 2. The first-order valence-corrected chi connectivity index (χ1v) is 6.48. The summed E-state index contributed by atoms with van der Waals surface area (Å²) in [5.74, 6) is 1.03. The number of carbonyl (C=O) groups excluding carboxylic acids is 1. The lowest BCUT2D eigenvalue weighted by Gasteiger charge is -2.07. The highest BCUT2D eigenvalue weighted by Crippen LogP contribution is 2.37. The topological polar surface area (TPSA) is 104 Å². The molecule has 0 radical (unpaired) electrons. The number of nitrogens with one attached hydrogen (secondary N) is 3. The van der Waals surface area contributed by atoms with Gasteiger partial charge < -0.3 is 10.3 Å². The van der Waals surface area contributed by atoms with Crippen LogP contribution in [0.5, 0.6) is 0 Å². The molecule has 0 atom stereocenters. The SMILES string of the molecule is Cc1cn[nH]c1NC(=O)c1c(C)nc(C2CC2)[nH]c1=O. The van der Waals surface area contributed by atoms with Crippen molar-refractivity contribution >= 4 is 11.7 Å². The molecule has 2 aromatic rings. The van der Waals surface area contributed by atoms with E-state index >= 15 is 0 Å². The number of H-pyrrole nitrogens is 2. The quantitative estimate of drug-likeness (QED) is 0.782. The number of hydrogen-bond acceptors (Lipinski definition) is 4. The maximum absolute atomic E-state index is 12.2. The Balaban J connectivity index is 1.91. The third kappa shape index (κ3) is 2.22. The van der Waals surface area contributed by atoms with Crippen LogP contribution in [-0.4, -0.2) is 26.1 Å². The monoisotopic (exact) mass is 273 g/mol. The Bertz CT molecular complexity index is 727. The number of hydrogen-bond donors (Lipinski definition) is 3. The van der Waals surface area contributed by atoms with Crippen molar-refractivity contribution in [2.24, 2.45) is 0 Å². The summed E-state index contributed by atoms with van der Waals surface area (Å²) in [4.78, 5) is 31.3. The van der Waals surface area contributed by atoms with Crippen LogP contribution in [0.3, 0.4) is 0 Å². The predicted octanol–water partition coefficient (Wildman–Crippen LogP) is 1.24. The summed E-state index contributed by atoms with van der Waals surface area (Å²) < 4.78 is 0. The maximum Gasteiger partial charge on any atom is 0.264 e. The zero-order valence-corrected chi connectivity index (χ0v) is 11.3. The molecule has 0 aromatic carbocycles. The first-order chi connectivity index (χ1) is 9.56. The van der Waals surface area contributed by atoms with Gasteiger partial charge in [-0.15, -0.1) is 0 Å². The van der Waals surface area contributed by atoms with E-state index in [2.05, 4.69) is 25.5 Å². The first kappa shape index (κ1) is 12.6. The van der Waals surface area contributed by atoms with Crippen LogP contribution in [0.2, 0.25) is 0 Å². The van der Waals surface area contributed by atoms with E-state index in [1.807, 2.05) is 6.92 Å². The van der Waals surface area contributed by atoms with E-state index < -0.39 is 11.5 Å². The standard InChI is InChI=1S/C13H15N5O2/c1-6-5-14-18-10(6)16-12(19)9-7(2)15-11(8-3-4-8)17-13(9)20/h5,8H,3-4H2,1-2H3,(H,15,17,20)(H2,14,16,18,19). The van der Waals surface area contributed by atoms with E-state index in [-0.39, 0.29) is 5.56 Å². The number of aromatic nitrogens is 4. The van der Waals surface area contributed by atoms with Gasteiger partial charge in [-0.2, -0.15) is 5.10 Å². The largest absolute Gasteiger partial charge is 0.310 e. The van der Waals surface area contributed by atoms with E-state index in [0.29, 0.717) is 23.3 Å². The smallest absolute Gasteiger partial charge is 0.264 e. The molecule has 2 heterocycles. The van der Waals surface area contributed by atoms with Gasteiger partial charge in [0.2, 0.25) is 0 Å². The van der Waals surface area contributed by atoms with E-state index in [1.165, 1.54) is 0 Å². The second kappa shape index (κ2) is 4.59. The lowest BCUT2D eigenvalue weighted by Crippen LogP contribution is -2.27. The van der Waals surface area contributed by atoms with Crippen LogP contribution in [0.4, 0.5) is 5.82 Å². The van der Waals surface area contributed by atoms with Gasteiger partial charge in [0.05, 0.1) is 11.9 Å². The van der Waals surface area contributed by atoms with Crippen molar-refractivity contribution in [2.75, 3.05) is 5.32 Å². The summed E-state index contributed by atoms with van der Waals surface area (Å²) in [6.07, 6.45) is 3.68. The second-order valence-electron chi connectivity index (χ2n) is 5.07. The highest BCUT2D eigenvalue weighted by molar-refractivity contribution is 6.04. The Morgan fingerprint density at radius 1 is 1.40 bits per heavy atom. The predicted molar refractivity (Wildman–Crippen MR) is 72.8 cm³/mol. The van der Waals surface area contributed by atoms with Crippen molar-refractivity contribution in [3.05, 3.63) is 39.2 Å². The zero-order valence-electron chi connectivity index (χ0n) is 11.3. The zero-order chi connectivity index (χ0) is 14.3. The molecule has 1 saturated carbocycles. The average molecular weight is 273 g/mol. The summed E-state index contributed by atoms with van der Waals surface area (Å²) in [6.45, 7) is 3.49. The summed E-state index contributed by atoms with van der Waals surface area (Å²) in [6, 6.07) is 0. The van der Waals surface area contributed by atoms with Gasteiger partial charge >= 0.3 is 0 Å². The highest BCUT2D eigenvalue weighted by Gasteiger charge is 2.28. The van der Waals surface area contributed by atoms with Crippen molar-refractivity contribution in [3.63, 3.8) is 0 Å². The Hall–Kier alpha value is -2.44. The Morgan fingerprint density at radius 2 is 2.15 bits per heavy atom. The van der Waals surface area contributed by atoms with Gasteiger partial charge in [-0.3, -0.25) is 14.7 Å². The van der Waals surface area contributed by atoms with Crippen LogP contribution >= 0.6 is 0 Å². The number of rotatable bonds is 3. The Labute approximate surface area is 114 Å². The minimum absolute atomic E-state index is 0.0448. The van der Waals surface area contributed by atoms with E-state index in [0.717, 1.165) is 18.4 Å². The van der Waals surface area contributed by atoms with Crippen LogP contribution in [0.25, 0.3) is 0 Å². The van der Waals surface area contributed by atoms with Crippen molar-refractivity contribution in [2.45, 2.75) is 32.6 Å². The van der Waals surface area contributed by atoms with Crippen molar-refractivity contribution < 1.29 is 4.79 Å². The molecule has 0 spiro atoms. The molecule has 1 fully saturated rings. The average Bonchev–Trinajstić information content (AvgIpc) is 3.15. The highest BCUT2D eigenvalue weighted by atomic mass is 16.2. The van der Waals surface area contributed by atoms with Crippen molar-refractivity contribution in [1.29, 1.82) is 0 Å². The number of aryl methyl sites for hydroxylation is 2. The van der Waals surface area contributed by atoms with Gasteiger partial charge in [-0.05, 0) is 26.7 Å². The van der Waals surface area contributed by atoms with Crippen LogP contribution in [-0.2, 0) is 0 Å². The van der Waals surface area contributed by atoms with E-state index in [1.54, 1.807) is 13.1 Å². The molecule has 3 rings (SSSR count). The van der Waals surface area contributed by atoms with Gasteiger partial charge in [0, 0.05) is 11.5 Å². The maximum atomic E-state index is 12.2. The molecule has 1 amide bonds. The molecule has 0 saturated heterocycles. The van der Waals surface area contributed by atoms with Gasteiger partial charge in [0.1, 0.15) is 17.2 Å². The number of nitrogens with zero attached hydrogens (tertiary/aromatic N) is 2. The fourth-order valence-electron chi connectivity index (χ4n) is 2.07. The molecule has 7 nitrogen and oxygen atoms in total. The van der Waals surface area contributed by atoms with Crippen molar-refractivity contribution in [3.8, 4) is 0 Å². The molecular formula is C13H15N5O2. The lowest BCUT2D eigenvalue weighted by atomic mass is 10.2. The third-order valence-electron chi connectivity index (χ3n) is 3.38. The Morgan fingerprint density at radius 3 is 2.70 bits per heavy atom. The molecule has 0 bridgehead atoms. The van der Waals surface area contributed by atoms with Gasteiger partial charge in [-0.1, -0.05) is 0 Å². The summed E-state index contributed by atoms with van der Waals surface area (Å²) >= 11 is 0. The molecule has 104 valence electrons. The van der Waals surface area contributed by atoms with Crippen LogP contribution < -0.4 is 10.9 Å². The number of amides is 1. The normalized spacial score (nSPS) is 14.3. The molecule has 20 heavy (non-hydrogen) atoms. The fraction of sp³-hybridized carbons (Fsp3) is 0.385. The minimum Gasteiger partial charge on any atom is -0.310 e. The van der Waals surface area contributed by atoms with Crippen LogP contribution in [0.15, 0.2) is 11.0 Å². The third-order valence-corrected chi connectivity index (χ3v) is 3.38. The summed E-state index contributed by atoms with van der Waals surface area (Å²) in [7, 11) is 0. The molecule has 7 heteroatoms. The van der Waals surface area contributed by atoms with E-state index in [4.69, 9.17) is 0 Å². The first-order valence-electron chi connectivity index (χ1n) is 6.48.